The summed E-state index contributed by atoms with van der Waals surface area (Å²) in [5.74, 6) is 0.0365. The second kappa shape index (κ2) is 5.42. The second-order valence-corrected chi connectivity index (χ2v) is 5.58. The lowest BCUT2D eigenvalue weighted by molar-refractivity contribution is 0.0575. The summed E-state index contributed by atoms with van der Waals surface area (Å²) in [6.45, 7) is 0.659. The van der Waals surface area contributed by atoms with Gasteiger partial charge < -0.3 is 13.7 Å². The van der Waals surface area contributed by atoms with Gasteiger partial charge in [-0.05, 0) is 43.5 Å². The van der Waals surface area contributed by atoms with Crippen LogP contribution in [0, 0.1) is 0 Å². The smallest absolute Gasteiger partial charge is 0.418 e. The van der Waals surface area contributed by atoms with E-state index in [9.17, 15) is 9.59 Å². The van der Waals surface area contributed by atoms with Gasteiger partial charge in [0.05, 0.1) is 12.3 Å². The molecule has 1 atom stereocenters. The van der Waals surface area contributed by atoms with E-state index in [0.717, 1.165) is 25.0 Å². The highest BCUT2D eigenvalue weighted by atomic mass is 16.4. The van der Waals surface area contributed by atoms with Crippen LogP contribution in [-0.4, -0.2) is 27.3 Å². The van der Waals surface area contributed by atoms with Crippen LogP contribution in [0.3, 0.4) is 0 Å². The number of likely N-dealkylation sites (tertiary alicyclic amines) is 1. The van der Waals surface area contributed by atoms with Crippen LogP contribution in [0.5, 0.6) is 0 Å². The van der Waals surface area contributed by atoms with Crippen LogP contribution in [0.1, 0.15) is 41.6 Å². The van der Waals surface area contributed by atoms with Crippen LogP contribution < -0.4 is 5.76 Å². The largest absolute Gasteiger partial charge is 0.467 e. The van der Waals surface area contributed by atoms with Crippen molar-refractivity contribution in [2.45, 2.75) is 25.3 Å². The van der Waals surface area contributed by atoms with Crippen molar-refractivity contribution < 1.29 is 13.6 Å². The molecule has 4 heterocycles. The van der Waals surface area contributed by atoms with E-state index in [2.05, 4.69) is 9.97 Å². The molecule has 3 aromatic heterocycles. The Morgan fingerprint density at radius 3 is 3.04 bits per heavy atom. The first-order chi connectivity index (χ1) is 11.2. The number of nitrogens with zero attached hydrogens (tertiary/aromatic N) is 2. The molecular weight excluding hydrogens is 298 g/mol. The molecule has 7 heteroatoms. The Bertz CT molecular complexity index is 894. The summed E-state index contributed by atoms with van der Waals surface area (Å²) < 4.78 is 10.4. The molecule has 0 radical (unpaired) electrons. The maximum absolute atomic E-state index is 12.9. The zero-order chi connectivity index (χ0) is 15.8. The van der Waals surface area contributed by atoms with E-state index in [1.165, 1.54) is 0 Å². The Kier molecular flexibility index (Phi) is 3.25. The molecule has 1 N–H and O–H groups in total. The molecule has 1 aliphatic heterocycles. The first-order valence-electron chi connectivity index (χ1n) is 7.56. The molecular formula is C16H15N3O4. The number of amides is 1. The topological polar surface area (TPSA) is 92.3 Å². The van der Waals surface area contributed by atoms with Crippen LogP contribution in [-0.2, 0) is 0 Å². The molecule has 7 nitrogen and oxygen atoms in total. The summed E-state index contributed by atoms with van der Waals surface area (Å²) in [6, 6.07) is 6.80. The maximum Gasteiger partial charge on any atom is 0.418 e. The van der Waals surface area contributed by atoms with Gasteiger partial charge in [0.25, 0.3) is 5.91 Å². The number of H-pyrrole nitrogens is 1. The van der Waals surface area contributed by atoms with Gasteiger partial charge in [0.2, 0.25) is 0 Å². The number of nitrogens with one attached hydrogen (secondary N) is 1. The number of furan rings is 1. The number of fused-ring (bicyclic) bond motifs is 1. The highest BCUT2D eigenvalue weighted by molar-refractivity contribution is 5.94. The van der Waals surface area contributed by atoms with Crippen LogP contribution in [0.2, 0.25) is 0 Å². The molecule has 0 saturated carbocycles. The predicted molar refractivity (Wildman–Crippen MR) is 81.0 cm³/mol. The average molecular weight is 313 g/mol. The first kappa shape index (κ1) is 13.8. The van der Waals surface area contributed by atoms with E-state index in [-0.39, 0.29) is 23.3 Å². The van der Waals surface area contributed by atoms with Crippen molar-refractivity contribution in [3.8, 4) is 0 Å². The standard InChI is InChI=1S/C16H15N3O4/c20-15(10-6-7-13-14(17-10)18-16(21)23-13)19-8-2-1-4-11(19)12-5-3-9-22-12/h3,5-7,9,11H,1-2,4,8H2,(H,17,18,21). The van der Waals surface area contributed by atoms with Crippen molar-refractivity contribution in [3.05, 3.63) is 52.5 Å². The molecule has 1 amide bonds. The first-order valence-corrected chi connectivity index (χ1v) is 7.56. The Morgan fingerprint density at radius 1 is 1.30 bits per heavy atom. The van der Waals surface area contributed by atoms with Crippen molar-refractivity contribution in [3.63, 3.8) is 0 Å². The number of aromatic amines is 1. The minimum absolute atomic E-state index is 0.0767. The third-order valence-electron chi connectivity index (χ3n) is 4.14. The van der Waals surface area contributed by atoms with Crippen molar-refractivity contribution >= 4 is 17.1 Å². The van der Waals surface area contributed by atoms with E-state index < -0.39 is 5.76 Å². The fourth-order valence-corrected chi connectivity index (χ4v) is 3.06. The quantitative estimate of drug-likeness (QED) is 0.784. The molecule has 1 aliphatic rings. The molecule has 1 fully saturated rings. The van der Waals surface area contributed by atoms with Gasteiger partial charge in [0.1, 0.15) is 11.5 Å². The lowest BCUT2D eigenvalue weighted by atomic mass is 9.99. The van der Waals surface area contributed by atoms with Crippen LogP contribution in [0.15, 0.2) is 44.2 Å². The molecule has 3 aromatic rings. The van der Waals surface area contributed by atoms with Gasteiger partial charge in [-0.1, -0.05) is 0 Å². The molecule has 0 bridgehead atoms. The summed E-state index contributed by atoms with van der Waals surface area (Å²) in [5, 5.41) is 0. The van der Waals surface area contributed by atoms with E-state index in [1.807, 2.05) is 12.1 Å². The number of pyridine rings is 1. The second-order valence-electron chi connectivity index (χ2n) is 5.58. The normalized spacial score (nSPS) is 18.4. The van der Waals surface area contributed by atoms with E-state index in [4.69, 9.17) is 8.83 Å². The SMILES string of the molecule is O=C(c1ccc2oc(=O)[nH]c2n1)N1CCCCC1c1ccco1. The van der Waals surface area contributed by atoms with Crippen molar-refractivity contribution in [2.75, 3.05) is 6.54 Å². The Hall–Kier alpha value is -2.83. The average Bonchev–Trinajstić information content (AvgIpc) is 3.21. The van der Waals surface area contributed by atoms with Crippen molar-refractivity contribution in [1.29, 1.82) is 0 Å². The minimum atomic E-state index is -0.580. The maximum atomic E-state index is 12.9. The molecule has 4 rings (SSSR count). The number of rotatable bonds is 2. The van der Waals surface area contributed by atoms with Gasteiger partial charge in [-0.2, -0.15) is 0 Å². The van der Waals surface area contributed by atoms with E-state index in [0.29, 0.717) is 12.1 Å². The van der Waals surface area contributed by atoms with Crippen LogP contribution >= 0.6 is 0 Å². The van der Waals surface area contributed by atoms with E-state index in [1.54, 1.807) is 23.3 Å². The van der Waals surface area contributed by atoms with Crippen LogP contribution in [0.4, 0.5) is 0 Å². The third-order valence-corrected chi connectivity index (χ3v) is 4.14. The Morgan fingerprint density at radius 2 is 2.22 bits per heavy atom. The number of hydrogen-bond donors (Lipinski definition) is 1. The van der Waals surface area contributed by atoms with Gasteiger partial charge in [0.15, 0.2) is 11.2 Å². The lowest BCUT2D eigenvalue weighted by Crippen LogP contribution is -2.38. The molecule has 0 spiro atoms. The minimum Gasteiger partial charge on any atom is -0.467 e. The summed E-state index contributed by atoms with van der Waals surface area (Å²) in [7, 11) is 0. The van der Waals surface area contributed by atoms with Gasteiger partial charge >= 0.3 is 5.76 Å². The van der Waals surface area contributed by atoms with Gasteiger partial charge in [0, 0.05) is 6.54 Å². The Balaban J connectivity index is 1.68. The third kappa shape index (κ3) is 2.44. The highest BCUT2D eigenvalue weighted by Crippen LogP contribution is 2.32. The molecule has 1 unspecified atom stereocenters. The highest BCUT2D eigenvalue weighted by Gasteiger charge is 2.31. The summed E-state index contributed by atoms with van der Waals surface area (Å²) in [5.41, 5.74) is 0.910. The number of piperidine rings is 1. The van der Waals surface area contributed by atoms with Gasteiger partial charge in [-0.25, -0.2) is 9.78 Å². The molecule has 1 saturated heterocycles. The monoisotopic (exact) mass is 313 g/mol. The molecule has 118 valence electrons. The molecule has 0 aliphatic carbocycles. The fraction of sp³-hybridized carbons (Fsp3) is 0.312. The summed E-state index contributed by atoms with van der Waals surface area (Å²) >= 11 is 0. The fourth-order valence-electron chi connectivity index (χ4n) is 3.06. The van der Waals surface area contributed by atoms with Crippen LogP contribution in [0.25, 0.3) is 11.2 Å². The molecule has 23 heavy (non-hydrogen) atoms. The summed E-state index contributed by atoms with van der Waals surface area (Å²) in [6.07, 6.45) is 4.49. The number of carbonyl (C=O) groups excluding carboxylic acids is 1. The van der Waals surface area contributed by atoms with Gasteiger partial charge in [-0.15, -0.1) is 0 Å². The van der Waals surface area contributed by atoms with Gasteiger partial charge in [-0.3, -0.25) is 9.78 Å². The molecule has 0 aromatic carbocycles. The zero-order valence-electron chi connectivity index (χ0n) is 12.3. The Labute approximate surface area is 130 Å². The number of carbonyl (C=O) groups is 1. The van der Waals surface area contributed by atoms with Crippen molar-refractivity contribution in [1.82, 2.24) is 14.9 Å². The number of hydrogen-bond acceptors (Lipinski definition) is 5. The summed E-state index contributed by atoms with van der Waals surface area (Å²) in [4.78, 5) is 32.5. The van der Waals surface area contributed by atoms with E-state index >= 15 is 0 Å². The number of aromatic nitrogens is 2. The predicted octanol–water partition coefficient (Wildman–Crippen LogP) is 2.48. The zero-order valence-corrected chi connectivity index (χ0v) is 12.3. The lowest BCUT2D eigenvalue weighted by Gasteiger charge is -2.34. The van der Waals surface area contributed by atoms with Crippen molar-refractivity contribution in [2.24, 2.45) is 0 Å². The number of oxazole rings is 1.